The van der Waals surface area contributed by atoms with Crippen LogP contribution in [0.25, 0.3) is 0 Å². The molecule has 1 aliphatic heterocycles. The van der Waals surface area contributed by atoms with Crippen LogP contribution in [0.15, 0.2) is 36.7 Å². The second kappa shape index (κ2) is 8.75. The molecular weight excluding hydrogens is 342 g/mol. The van der Waals surface area contributed by atoms with Gasteiger partial charge in [-0.25, -0.2) is 9.97 Å². The Kier molecular flexibility index (Phi) is 6.16. The van der Waals surface area contributed by atoms with E-state index < -0.39 is 0 Å². The van der Waals surface area contributed by atoms with E-state index in [-0.39, 0.29) is 5.91 Å². The van der Waals surface area contributed by atoms with Crippen molar-refractivity contribution in [2.45, 2.75) is 0 Å². The summed E-state index contributed by atoms with van der Waals surface area (Å²) in [7, 11) is 0. The molecule has 25 heavy (non-hydrogen) atoms. The van der Waals surface area contributed by atoms with Crippen LogP contribution in [-0.2, 0) is 4.74 Å². The van der Waals surface area contributed by atoms with Crippen molar-refractivity contribution in [3.63, 3.8) is 0 Å². The number of amides is 1. The van der Waals surface area contributed by atoms with Gasteiger partial charge in [0.2, 0.25) is 0 Å². The minimum absolute atomic E-state index is 0.213. The van der Waals surface area contributed by atoms with Crippen LogP contribution in [0.1, 0.15) is 10.5 Å². The van der Waals surface area contributed by atoms with Crippen molar-refractivity contribution in [1.82, 2.24) is 20.2 Å². The van der Waals surface area contributed by atoms with Gasteiger partial charge in [0.25, 0.3) is 5.91 Å². The predicted molar refractivity (Wildman–Crippen MR) is 96.4 cm³/mol. The Labute approximate surface area is 151 Å². The number of ether oxygens (including phenoxy) is 1. The van der Waals surface area contributed by atoms with Crippen molar-refractivity contribution in [3.8, 4) is 0 Å². The number of hydrogen-bond acceptors (Lipinski definition) is 6. The quantitative estimate of drug-likeness (QED) is 0.818. The van der Waals surface area contributed by atoms with E-state index in [1.165, 1.54) is 6.33 Å². The number of anilines is 2. The minimum Gasteiger partial charge on any atom is -0.379 e. The van der Waals surface area contributed by atoms with E-state index in [9.17, 15) is 4.79 Å². The number of carbonyl (C=O) groups excluding carboxylic acids is 1. The first-order valence-electron chi connectivity index (χ1n) is 8.14. The Balaban J connectivity index is 1.52. The van der Waals surface area contributed by atoms with Crippen LogP contribution in [0.3, 0.4) is 0 Å². The van der Waals surface area contributed by atoms with Gasteiger partial charge >= 0.3 is 0 Å². The molecule has 0 bridgehead atoms. The van der Waals surface area contributed by atoms with E-state index in [1.54, 1.807) is 18.2 Å². The summed E-state index contributed by atoms with van der Waals surface area (Å²) in [5.74, 6) is 0.338. The van der Waals surface area contributed by atoms with E-state index in [1.807, 2.05) is 12.1 Å². The maximum absolute atomic E-state index is 12.2. The third-order valence-corrected chi connectivity index (χ3v) is 4.09. The lowest BCUT2D eigenvalue weighted by molar-refractivity contribution is 0.0383. The summed E-state index contributed by atoms with van der Waals surface area (Å²) >= 11 is 5.87. The van der Waals surface area contributed by atoms with Gasteiger partial charge in [0.05, 0.1) is 13.2 Å². The minimum atomic E-state index is -0.213. The average molecular weight is 362 g/mol. The molecule has 1 aliphatic rings. The summed E-state index contributed by atoms with van der Waals surface area (Å²) in [4.78, 5) is 22.7. The van der Waals surface area contributed by atoms with Crippen LogP contribution in [0.5, 0.6) is 0 Å². The fraction of sp³-hybridized carbons (Fsp3) is 0.353. The fourth-order valence-electron chi connectivity index (χ4n) is 2.47. The smallest absolute Gasteiger partial charge is 0.270 e. The Morgan fingerprint density at radius 1 is 1.20 bits per heavy atom. The second-order valence-electron chi connectivity index (χ2n) is 5.63. The zero-order valence-corrected chi connectivity index (χ0v) is 14.5. The molecule has 2 N–H and O–H groups in total. The highest BCUT2D eigenvalue weighted by Gasteiger charge is 2.12. The zero-order chi connectivity index (χ0) is 17.5. The summed E-state index contributed by atoms with van der Waals surface area (Å²) in [5, 5.41) is 6.67. The van der Waals surface area contributed by atoms with Crippen LogP contribution in [0.2, 0.25) is 5.02 Å². The van der Waals surface area contributed by atoms with Gasteiger partial charge in [-0.3, -0.25) is 9.69 Å². The maximum Gasteiger partial charge on any atom is 0.270 e. The zero-order valence-electron chi connectivity index (χ0n) is 13.7. The Morgan fingerprint density at radius 3 is 2.72 bits per heavy atom. The van der Waals surface area contributed by atoms with Gasteiger partial charge in [0.15, 0.2) is 0 Å². The molecule has 8 heteroatoms. The molecule has 2 aromatic rings. The highest BCUT2D eigenvalue weighted by Crippen LogP contribution is 2.17. The fourth-order valence-corrected chi connectivity index (χ4v) is 2.60. The molecule has 0 radical (unpaired) electrons. The van der Waals surface area contributed by atoms with E-state index in [4.69, 9.17) is 16.3 Å². The lowest BCUT2D eigenvalue weighted by Crippen LogP contribution is -2.41. The van der Waals surface area contributed by atoms with Crippen molar-refractivity contribution in [3.05, 3.63) is 47.4 Å². The van der Waals surface area contributed by atoms with Gasteiger partial charge in [-0.05, 0) is 24.3 Å². The predicted octanol–water partition coefficient (Wildman–Crippen LogP) is 1.94. The molecule has 3 rings (SSSR count). The molecule has 1 fully saturated rings. The number of nitrogens with zero attached hydrogens (tertiary/aromatic N) is 3. The Bertz CT molecular complexity index is 704. The van der Waals surface area contributed by atoms with Crippen molar-refractivity contribution in [2.24, 2.45) is 0 Å². The van der Waals surface area contributed by atoms with E-state index in [2.05, 4.69) is 25.5 Å². The number of rotatable bonds is 6. The third kappa shape index (κ3) is 5.38. The molecule has 132 valence electrons. The molecule has 0 spiro atoms. The molecule has 1 saturated heterocycles. The molecular formula is C17H20ClN5O2. The third-order valence-electron chi connectivity index (χ3n) is 3.83. The number of nitrogens with one attached hydrogen (secondary N) is 2. The lowest BCUT2D eigenvalue weighted by Gasteiger charge is -2.26. The highest BCUT2D eigenvalue weighted by atomic mass is 35.5. The molecule has 0 unspecified atom stereocenters. The highest BCUT2D eigenvalue weighted by molar-refractivity contribution is 6.30. The van der Waals surface area contributed by atoms with Crippen LogP contribution in [0.4, 0.5) is 11.5 Å². The van der Waals surface area contributed by atoms with Gasteiger partial charge in [-0.1, -0.05) is 11.6 Å². The van der Waals surface area contributed by atoms with Gasteiger partial charge in [0.1, 0.15) is 17.8 Å². The second-order valence-corrected chi connectivity index (χ2v) is 6.07. The number of benzene rings is 1. The number of carbonyl (C=O) groups is 1. The monoisotopic (exact) mass is 361 g/mol. The van der Waals surface area contributed by atoms with Gasteiger partial charge in [-0.15, -0.1) is 0 Å². The van der Waals surface area contributed by atoms with E-state index in [0.717, 1.165) is 38.5 Å². The summed E-state index contributed by atoms with van der Waals surface area (Å²) < 4.78 is 5.30. The normalized spacial score (nSPS) is 14.9. The SMILES string of the molecule is O=C(NCCN1CCOCC1)c1cc(Nc2ccc(Cl)cc2)ncn1. The van der Waals surface area contributed by atoms with Crippen molar-refractivity contribution >= 4 is 29.0 Å². The van der Waals surface area contributed by atoms with Crippen LogP contribution in [0, 0.1) is 0 Å². The molecule has 0 atom stereocenters. The molecule has 2 heterocycles. The number of aromatic nitrogens is 2. The molecule has 1 aromatic heterocycles. The molecule has 1 aromatic carbocycles. The molecule has 0 aliphatic carbocycles. The first-order valence-corrected chi connectivity index (χ1v) is 8.51. The van der Waals surface area contributed by atoms with Gasteiger partial charge < -0.3 is 15.4 Å². The molecule has 7 nitrogen and oxygen atoms in total. The molecule has 1 amide bonds. The summed E-state index contributed by atoms with van der Waals surface area (Å²) in [6.45, 7) is 4.68. The summed E-state index contributed by atoms with van der Waals surface area (Å²) in [6.07, 6.45) is 1.37. The Morgan fingerprint density at radius 2 is 1.96 bits per heavy atom. The lowest BCUT2D eigenvalue weighted by atomic mass is 10.3. The van der Waals surface area contributed by atoms with Crippen molar-refractivity contribution in [1.29, 1.82) is 0 Å². The standard InChI is InChI=1S/C17H20ClN5O2/c18-13-1-3-14(4-2-13)22-16-11-15(20-12-21-16)17(24)19-5-6-23-7-9-25-10-8-23/h1-4,11-12H,5-10H2,(H,19,24)(H,20,21,22). The van der Waals surface area contributed by atoms with Crippen LogP contribution >= 0.6 is 11.6 Å². The van der Waals surface area contributed by atoms with E-state index in [0.29, 0.717) is 23.1 Å². The molecule has 0 saturated carbocycles. The topological polar surface area (TPSA) is 79.4 Å². The number of halogens is 1. The van der Waals surface area contributed by atoms with Gasteiger partial charge in [-0.2, -0.15) is 0 Å². The summed E-state index contributed by atoms with van der Waals surface area (Å²) in [5.41, 5.74) is 1.16. The Hall–Kier alpha value is -2.22. The van der Waals surface area contributed by atoms with E-state index >= 15 is 0 Å². The largest absolute Gasteiger partial charge is 0.379 e. The van der Waals surface area contributed by atoms with Crippen molar-refractivity contribution < 1.29 is 9.53 Å². The number of hydrogen-bond donors (Lipinski definition) is 2. The van der Waals surface area contributed by atoms with Crippen LogP contribution in [-0.4, -0.2) is 60.2 Å². The van der Waals surface area contributed by atoms with Crippen LogP contribution < -0.4 is 10.6 Å². The maximum atomic E-state index is 12.2. The first kappa shape index (κ1) is 17.6. The number of morpholine rings is 1. The summed E-state index contributed by atoms with van der Waals surface area (Å²) in [6, 6.07) is 8.87. The first-order chi connectivity index (χ1) is 12.2. The van der Waals surface area contributed by atoms with Crippen molar-refractivity contribution in [2.75, 3.05) is 44.7 Å². The average Bonchev–Trinajstić information content (AvgIpc) is 2.65. The van der Waals surface area contributed by atoms with Gasteiger partial charge in [0, 0.05) is 43.0 Å².